The van der Waals surface area contributed by atoms with Gasteiger partial charge in [-0.05, 0) is 17.7 Å². The zero-order chi connectivity index (χ0) is 15.5. The first-order valence-corrected chi connectivity index (χ1v) is 7.36. The third-order valence-electron chi connectivity index (χ3n) is 4.04. The topological polar surface area (TPSA) is 68.7 Å². The number of amides is 1. The van der Waals surface area contributed by atoms with Gasteiger partial charge in [0.2, 0.25) is 0 Å². The Morgan fingerprint density at radius 1 is 1.27 bits per heavy atom. The van der Waals surface area contributed by atoms with Crippen LogP contribution in [0.3, 0.4) is 0 Å². The van der Waals surface area contributed by atoms with E-state index >= 15 is 0 Å². The van der Waals surface area contributed by atoms with Crippen molar-refractivity contribution >= 4 is 5.91 Å². The maximum Gasteiger partial charge on any atom is 0.289 e. The smallest absolute Gasteiger partial charge is 0.289 e. The van der Waals surface area contributed by atoms with E-state index in [4.69, 9.17) is 14.9 Å². The number of hydrogen-bond acceptors (Lipinski definition) is 4. The number of methoxy groups -OCH3 is 1. The van der Waals surface area contributed by atoms with Gasteiger partial charge in [0.1, 0.15) is 12.4 Å². The maximum absolute atomic E-state index is 12.5. The molecule has 5 nitrogen and oxygen atoms in total. The molecule has 0 bridgehead atoms. The monoisotopic (exact) mass is 300 g/mol. The molecule has 1 saturated heterocycles. The van der Waals surface area contributed by atoms with Crippen molar-refractivity contribution in [1.82, 2.24) is 4.90 Å². The molecule has 0 radical (unpaired) electrons. The van der Waals surface area contributed by atoms with Crippen LogP contribution in [0.15, 0.2) is 46.9 Å². The van der Waals surface area contributed by atoms with Crippen molar-refractivity contribution < 1.29 is 13.9 Å². The normalized spacial score (nSPS) is 21.3. The van der Waals surface area contributed by atoms with Gasteiger partial charge in [-0.1, -0.05) is 30.3 Å². The Bertz CT molecular complexity index is 638. The predicted molar refractivity (Wildman–Crippen MR) is 82.5 cm³/mol. The van der Waals surface area contributed by atoms with Crippen molar-refractivity contribution in [3.63, 3.8) is 0 Å². The summed E-state index contributed by atoms with van der Waals surface area (Å²) in [6.07, 6.45) is 0. The van der Waals surface area contributed by atoms with E-state index in [-0.39, 0.29) is 17.9 Å². The SMILES string of the molecule is COCc1ccc(C(=O)N2C[C@@H](N)[C@H](c3ccccc3)C2)o1. The van der Waals surface area contributed by atoms with Gasteiger partial charge in [-0.3, -0.25) is 4.79 Å². The number of carbonyl (C=O) groups is 1. The third kappa shape index (κ3) is 2.91. The molecular formula is C17H20N2O3. The van der Waals surface area contributed by atoms with E-state index in [1.165, 1.54) is 5.56 Å². The summed E-state index contributed by atoms with van der Waals surface area (Å²) in [5.41, 5.74) is 7.40. The molecule has 3 rings (SSSR count). The summed E-state index contributed by atoms with van der Waals surface area (Å²) >= 11 is 0. The lowest BCUT2D eigenvalue weighted by molar-refractivity contribution is 0.0749. The Hall–Kier alpha value is -2.11. The summed E-state index contributed by atoms with van der Waals surface area (Å²) in [4.78, 5) is 14.3. The fraction of sp³-hybridized carbons (Fsp3) is 0.353. The molecule has 2 heterocycles. The van der Waals surface area contributed by atoms with Crippen LogP contribution in [0.25, 0.3) is 0 Å². The van der Waals surface area contributed by atoms with Crippen molar-refractivity contribution in [1.29, 1.82) is 0 Å². The van der Waals surface area contributed by atoms with Gasteiger partial charge in [0.25, 0.3) is 5.91 Å². The van der Waals surface area contributed by atoms with E-state index in [0.29, 0.717) is 31.2 Å². The predicted octanol–water partition coefficient (Wildman–Crippen LogP) is 1.99. The van der Waals surface area contributed by atoms with Crippen LogP contribution in [-0.2, 0) is 11.3 Å². The van der Waals surface area contributed by atoms with Gasteiger partial charge in [-0.25, -0.2) is 0 Å². The first-order chi connectivity index (χ1) is 10.7. The molecule has 1 aromatic carbocycles. The Morgan fingerprint density at radius 3 is 2.77 bits per heavy atom. The molecule has 0 spiro atoms. The summed E-state index contributed by atoms with van der Waals surface area (Å²) in [7, 11) is 1.59. The van der Waals surface area contributed by atoms with Crippen LogP contribution in [0.2, 0.25) is 0 Å². The van der Waals surface area contributed by atoms with E-state index in [1.807, 2.05) is 18.2 Å². The zero-order valence-corrected chi connectivity index (χ0v) is 12.6. The molecule has 116 valence electrons. The van der Waals surface area contributed by atoms with E-state index in [9.17, 15) is 4.79 Å². The van der Waals surface area contributed by atoms with Gasteiger partial charge in [-0.15, -0.1) is 0 Å². The Morgan fingerprint density at radius 2 is 2.05 bits per heavy atom. The molecule has 0 unspecified atom stereocenters. The first kappa shape index (κ1) is 14.8. The van der Waals surface area contributed by atoms with E-state index < -0.39 is 0 Å². The minimum absolute atomic E-state index is 0.0558. The third-order valence-corrected chi connectivity index (χ3v) is 4.04. The van der Waals surface area contributed by atoms with Gasteiger partial charge in [0.15, 0.2) is 5.76 Å². The highest BCUT2D eigenvalue weighted by Crippen LogP contribution is 2.27. The lowest BCUT2D eigenvalue weighted by Gasteiger charge is -2.15. The summed E-state index contributed by atoms with van der Waals surface area (Å²) in [6, 6.07) is 13.5. The molecule has 2 aromatic rings. The number of rotatable bonds is 4. The molecule has 0 aliphatic carbocycles. The minimum Gasteiger partial charge on any atom is -0.453 e. The maximum atomic E-state index is 12.5. The summed E-state index contributed by atoms with van der Waals surface area (Å²) < 4.78 is 10.5. The van der Waals surface area contributed by atoms with Crippen molar-refractivity contribution in [3.05, 3.63) is 59.5 Å². The van der Waals surface area contributed by atoms with Gasteiger partial charge in [0.05, 0.1) is 0 Å². The van der Waals surface area contributed by atoms with Crippen LogP contribution in [0.5, 0.6) is 0 Å². The minimum atomic E-state index is -0.115. The number of likely N-dealkylation sites (tertiary alicyclic amines) is 1. The Kier molecular flexibility index (Phi) is 4.27. The molecule has 1 amide bonds. The molecule has 22 heavy (non-hydrogen) atoms. The van der Waals surface area contributed by atoms with E-state index in [1.54, 1.807) is 24.1 Å². The largest absolute Gasteiger partial charge is 0.453 e. The Balaban J connectivity index is 1.72. The molecule has 2 N–H and O–H groups in total. The molecule has 1 fully saturated rings. The van der Waals surface area contributed by atoms with Crippen LogP contribution in [0, 0.1) is 0 Å². The highest BCUT2D eigenvalue weighted by atomic mass is 16.5. The highest BCUT2D eigenvalue weighted by molar-refractivity contribution is 5.91. The van der Waals surface area contributed by atoms with Crippen molar-refractivity contribution in [2.24, 2.45) is 5.73 Å². The van der Waals surface area contributed by atoms with Crippen LogP contribution < -0.4 is 5.73 Å². The Labute approximate surface area is 129 Å². The quantitative estimate of drug-likeness (QED) is 0.937. The van der Waals surface area contributed by atoms with Crippen LogP contribution in [0.1, 0.15) is 27.8 Å². The number of ether oxygens (including phenoxy) is 1. The average molecular weight is 300 g/mol. The second-order valence-corrected chi connectivity index (χ2v) is 5.59. The molecule has 5 heteroatoms. The van der Waals surface area contributed by atoms with Gasteiger partial charge < -0.3 is 19.8 Å². The van der Waals surface area contributed by atoms with Crippen molar-refractivity contribution in [2.75, 3.05) is 20.2 Å². The van der Waals surface area contributed by atoms with Crippen molar-refractivity contribution in [2.45, 2.75) is 18.6 Å². The number of furan rings is 1. The number of hydrogen-bond donors (Lipinski definition) is 1. The fourth-order valence-corrected chi connectivity index (χ4v) is 2.92. The van der Waals surface area contributed by atoms with Crippen LogP contribution in [0.4, 0.5) is 0 Å². The number of nitrogens with two attached hydrogens (primary N) is 1. The van der Waals surface area contributed by atoms with Gasteiger partial charge in [-0.2, -0.15) is 0 Å². The second-order valence-electron chi connectivity index (χ2n) is 5.59. The lowest BCUT2D eigenvalue weighted by Crippen LogP contribution is -2.32. The number of nitrogens with zero attached hydrogens (tertiary/aromatic N) is 1. The highest BCUT2D eigenvalue weighted by Gasteiger charge is 2.35. The van der Waals surface area contributed by atoms with Gasteiger partial charge in [0, 0.05) is 32.2 Å². The van der Waals surface area contributed by atoms with Crippen LogP contribution >= 0.6 is 0 Å². The molecule has 2 atom stereocenters. The molecule has 0 saturated carbocycles. The summed E-state index contributed by atoms with van der Waals surface area (Å²) in [5.74, 6) is 1.04. The lowest BCUT2D eigenvalue weighted by atomic mass is 9.95. The zero-order valence-electron chi connectivity index (χ0n) is 12.6. The molecular weight excluding hydrogens is 280 g/mol. The summed E-state index contributed by atoms with van der Waals surface area (Å²) in [5, 5.41) is 0. The van der Waals surface area contributed by atoms with Crippen molar-refractivity contribution in [3.8, 4) is 0 Å². The first-order valence-electron chi connectivity index (χ1n) is 7.36. The van der Waals surface area contributed by atoms with Crippen LogP contribution in [-0.4, -0.2) is 37.0 Å². The standard InChI is InChI=1S/C17H20N2O3/c1-21-11-13-7-8-16(22-13)17(20)19-9-14(15(18)10-19)12-5-3-2-4-6-12/h2-8,14-15H,9-11,18H2,1H3/t14-,15+/m0/s1. The van der Waals surface area contributed by atoms with Gasteiger partial charge >= 0.3 is 0 Å². The number of carbonyl (C=O) groups excluding carboxylic acids is 1. The second kappa shape index (κ2) is 6.34. The number of benzene rings is 1. The van der Waals surface area contributed by atoms with E-state index in [0.717, 1.165) is 0 Å². The molecule has 1 aliphatic heterocycles. The molecule has 1 aliphatic rings. The summed E-state index contributed by atoms with van der Waals surface area (Å²) in [6.45, 7) is 1.52. The fourth-order valence-electron chi connectivity index (χ4n) is 2.92. The average Bonchev–Trinajstić information content (AvgIpc) is 3.15. The molecule has 1 aromatic heterocycles. The van der Waals surface area contributed by atoms with E-state index in [2.05, 4.69) is 12.1 Å².